The van der Waals surface area contributed by atoms with Crippen LogP contribution in [0, 0.1) is 0 Å². The summed E-state index contributed by atoms with van der Waals surface area (Å²) < 4.78 is 7.55. The van der Waals surface area contributed by atoms with E-state index >= 15 is 0 Å². The molecule has 1 aromatic carbocycles. The summed E-state index contributed by atoms with van der Waals surface area (Å²) in [4.78, 5) is 2.41. The van der Waals surface area contributed by atoms with Gasteiger partial charge in [0.1, 0.15) is 0 Å². The van der Waals surface area contributed by atoms with Gasteiger partial charge in [-0.2, -0.15) is 0 Å². The summed E-state index contributed by atoms with van der Waals surface area (Å²) in [5.41, 5.74) is 11.0. The second kappa shape index (κ2) is 6.38. The third-order valence-corrected chi connectivity index (χ3v) is 4.48. The molecule has 2 aromatic rings. The Morgan fingerprint density at radius 2 is 2.05 bits per heavy atom. The fourth-order valence-corrected chi connectivity index (χ4v) is 3.27. The van der Waals surface area contributed by atoms with Crippen molar-refractivity contribution >= 4 is 10.9 Å². The molecule has 0 aliphatic carbocycles. The van der Waals surface area contributed by atoms with Crippen molar-refractivity contribution in [2.24, 2.45) is 12.8 Å². The first kappa shape index (κ1) is 15.5. The van der Waals surface area contributed by atoms with Crippen LogP contribution in [0.1, 0.15) is 29.7 Å². The van der Waals surface area contributed by atoms with E-state index in [0.717, 1.165) is 43.8 Å². The molecule has 3 N–H and O–H groups in total. The van der Waals surface area contributed by atoms with Gasteiger partial charge in [0, 0.05) is 50.4 Å². The summed E-state index contributed by atoms with van der Waals surface area (Å²) in [6.07, 6.45) is 2.04. The molecule has 0 bridgehead atoms. The predicted molar refractivity (Wildman–Crippen MR) is 87.5 cm³/mol. The number of benzene rings is 1. The fourth-order valence-electron chi connectivity index (χ4n) is 3.27. The summed E-state index contributed by atoms with van der Waals surface area (Å²) in [6.45, 7) is 6.44. The Morgan fingerprint density at radius 1 is 1.32 bits per heavy atom. The van der Waals surface area contributed by atoms with Crippen LogP contribution in [0.2, 0.25) is 0 Å². The van der Waals surface area contributed by atoms with Crippen LogP contribution >= 0.6 is 0 Å². The Hall–Kier alpha value is -1.40. The zero-order chi connectivity index (χ0) is 15.7. The number of aliphatic hydroxyl groups excluding tert-OH is 1. The lowest BCUT2D eigenvalue weighted by Crippen LogP contribution is -2.21. The molecule has 5 nitrogen and oxygen atoms in total. The zero-order valence-electron chi connectivity index (χ0n) is 13.4. The molecule has 1 aliphatic rings. The van der Waals surface area contributed by atoms with Gasteiger partial charge in [-0.1, -0.05) is 0 Å². The highest BCUT2D eigenvalue weighted by Crippen LogP contribution is 2.32. The van der Waals surface area contributed by atoms with Crippen molar-refractivity contribution in [3.8, 4) is 0 Å². The Bertz CT molecular complexity index is 665. The first-order valence-corrected chi connectivity index (χ1v) is 7.91. The average molecular weight is 303 g/mol. The SMILES string of the molecule is CCOCCN1Cc2cc3c(C(N)CO)cn(C)c3cc2C1. The lowest BCUT2D eigenvalue weighted by Gasteiger charge is -2.13. The van der Waals surface area contributed by atoms with Crippen molar-refractivity contribution in [2.45, 2.75) is 26.1 Å². The maximum Gasteiger partial charge on any atom is 0.0625 e. The van der Waals surface area contributed by atoms with E-state index in [0.29, 0.717) is 0 Å². The van der Waals surface area contributed by atoms with Gasteiger partial charge in [0.2, 0.25) is 0 Å². The van der Waals surface area contributed by atoms with Gasteiger partial charge in [-0.3, -0.25) is 4.90 Å². The van der Waals surface area contributed by atoms with Crippen LogP contribution in [0.3, 0.4) is 0 Å². The number of nitrogens with two attached hydrogens (primary N) is 1. The van der Waals surface area contributed by atoms with Crippen molar-refractivity contribution in [1.29, 1.82) is 0 Å². The molecule has 3 rings (SSSR count). The van der Waals surface area contributed by atoms with Crippen LogP contribution in [0.25, 0.3) is 10.9 Å². The summed E-state index contributed by atoms with van der Waals surface area (Å²) in [5.74, 6) is 0. The smallest absolute Gasteiger partial charge is 0.0625 e. The van der Waals surface area contributed by atoms with E-state index in [4.69, 9.17) is 10.5 Å². The van der Waals surface area contributed by atoms with E-state index in [1.807, 2.05) is 20.2 Å². The van der Waals surface area contributed by atoms with Crippen molar-refractivity contribution < 1.29 is 9.84 Å². The topological polar surface area (TPSA) is 63.6 Å². The van der Waals surface area contributed by atoms with Crippen LogP contribution in [-0.4, -0.2) is 40.9 Å². The maximum absolute atomic E-state index is 9.36. The Kier molecular flexibility index (Phi) is 4.49. The van der Waals surface area contributed by atoms with Crippen LogP contribution in [0.15, 0.2) is 18.3 Å². The maximum atomic E-state index is 9.36. The van der Waals surface area contributed by atoms with Gasteiger partial charge in [-0.15, -0.1) is 0 Å². The number of rotatable bonds is 6. The third-order valence-electron chi connectivity index (χ3n) is 4.48. The van der Waals surface area contributed by atoms with E-state index in [1.54, 1.807) is 0 Å². The molecule has 1 aromatic heterocycles. The van der Waals surface area contributed by atoms with Crippen LogP contribution in [0.4, 0.5) is 0 Å². The summed E-state index contributed by atoms with van der Waals surface area (Å²) >= 11 is 0. The van der Waals surface area contributed by atoms with Crippen LogP contribution in [0.5, 0.6) is 0 Å². The highest BCUT2D eigenvalue weighted by atomic mass is 16.5. The molecule has 1 unspecified atom stereocenters. The highest BCUT2D eigenvalue weighted by Gasteiger charge is 2.22. The summed E-state index contributed by atoms with van der Waals surface area (Å²) in [7, 11) is 2.03. The van der Waals surface area contributed by atoms with Gasteiger partial charge >= 0.3 is 0 Å². The lowest BCUT2D eigenvalue weighted by molar-refractivity contribution is 0.113. The second-order valence-electron chi connectivity index (χ2n) is 6.03. The van der Waals surface area contributed by atoms with E-state index in [2.05, 4.69) is 21.6 Å². The molecule has 0 saturated heterocycles. The first-order valence-electron chi connectivity index (χ1n) is 7.91. The van der Waals surface area contributed by atoms with Crippen LogP contribution in [-0.2, 0) is 24.9 Å². The van der Waals surface area contributed by atoms with Crippen molar-refractivity contribution in [1.82, 2.24) is 9.47 Å². The molecule has 5 heteroatoms. The molecule has 0 radical (unpaired) electrons. The number of nitrogens with zero attached hydrogens (tertiary/aromatic N) is 2. The second-order valence-corrected chi connectivity index (χ2v) is 6.03. The molecule has 120 valence electrons. The fraction of sp³-hybridized carbons (Fsp3) is 0.529. The quantitative estimate of drug-likeness (QED) is 0.794. The van der Waals surface area contributed by atoms with Gasteiger partial charge < -0.3 is 20.1 Å². The Morgan fingerprint density at radius 3 is 2.73 bits per heavy atom. The predicted octanol–water partition coefficient (Wildman–Crippen LogP) is 1.52. The molecule has 0 saturated carbocycles. The number of fused-ring (bicyclic) bond motifs is 2. The van der Waals surface area contributed by atoms with Gasteiger partial charge in [-0.05, 0) is 35.7 Å². The van der Waals surface area contributed by atoms with Crippen LogP contribution < -0.4 is 5.73 Å². The highest BCUT2D eigenvalue weighted by molar-refractivity contribution is 5.86. The third kappa shape index (κ3) is 2.77. The normalized spacial score (nSPS) is 16.4. The van der Waals surface area contributed by atoms with E-state index in [1.165, 1.54) is 16.6 Å². The number of hydrogen-bond donors (Lipinski definition) is 2. The standard InChI is InChI=1S/C17H25N3O2/c1-3-22-5-4-20-8-12-6-14-15(16(18)11-21)10-19(2)17(14)7-13(12)9-20/h6-7,10,16,21H,3-5,8-9,11,18H2,1-2H3. The van der Waals surface area contributed by atoms with Crippen molar-refractivity contribution in [3.63, 3.8) is 0 Å². The number of aromatic nitrogens is 1. The largest absolute Gasteiger partial charge is 0.394 e. The van der Waals surface area contributed by atoms with Crippen molar-refractivity contribution in [2.75, 3.05) is 26.4 Å². The van der Waals surface area contributed by atoms with Gasteiger partial charge in [-0.25, -0.2) is 0 Å². The summed E-state index contributed by atoms with van der Waals surface area (Å²) in [6, 6.07) is 4.19. The number of aryl methyl sites for hydroxylation is 1. The molecular weight excluding hydrogens is 278 g/mol. The van der Waals surface area contributed by atoms with E-state index < -0.39 is 0 Å². The Balaban J connectivity index is 1.88. The Labute approximate surface area is 131 Å². The van der Waals surface area contributed by atoms with E-state index in [-0.39, 0.29) is 12.6 Å². The number of aliphatic hydroxyl groups is 1. The van der Waals surface area contributed by atoms with Gasteiger partial charge in [0.05, 0.1) is 19.3 Å². The molecule has 22 heavy (non-hydrogen) atoms. The lowest BCUT2D eigenvalue weighted by atomic mass is 10.0. The minimum Gasteiger partial charge on any atom is -0.394 e. The minimum atomic E-state index is -0.322. The monoisotopic (exact) mass is 303 g/mol. The van der Waals surface area contributed by atoms with E-state index in [9.17, 15) is 5.11 Å². The molecular formula is C17H25N3O2. The zero-order valence-corrected chi connectivity index (χ0v) is 13.4. The first-order chi connectivity index (χ1) is 10.6. The summed E-state index contributed by atoms with van der Waals surface area (Å²) in [5, 5.41) is 10.5. The molecule has 1 atom stereocenters. The van der Waals surface area contributed by atoms with Gasteiger partial charge in [0.25, 0.3) is 0 Å². The molecule has 0 fully saturated rings. The molecule has 0 amide bonds. The van der Waals surface area contributed by atoms with Gasteiger partial charge in [0.15, 0.2) is 0 Å². The average Bonchev–Trinajstić information content (AvgIpc) is 3.05. The van der Waals surface area contributed by atoms with Crippen molar-refractivity contribution in [3.05, 3.63) is 35.0 Å². The molecule has 0 spiro atoms. The number of hydrogen-bond acceptors (Lipinski definition) is 4. The number of ether oxygens (including phenoxy) is 1. The minimum absolute atomic E-state index is 0.0311. The molecule has 2 heterocycles. The molecule has 1 aliphatic heterocycles.